The van der Waals surface area contributed by atoms with Gasteiger partial charge in [-0.15, -0.1) is 13.2 Å². The minimum atomic E-state index is 0.404. The Kier molecular flexibility index (Phi) is 9.27. The summed E-state index contributed by atoms with van der Waals surface area (Å²) in [4.78, 5) is 3.76. The molecule has 0 bridgehead atoms. The summed E-state index contributed by atoms with van der Waals surface area (Å²) in [6, 6.07) is 0. The number of hydrogen-bond acceptors (Lipinski definition) is 1. The topological polar surface area (TPSA) is 50.4 Å². The monoisotopic (exact) mass is 181 g/mol. The highest BCUT2D eigenvalue weighted by molar-refractivity contribution is 5.80. The highest BCUT2D eigenvalue weighted by Crippen LogP contribution is 1.98. The normalized spacial score (nSPS) is 9.31. The third-order valence-corrected chi connectivity index (χ3v) is 1.25. The van der Waals surface area contributed by atoms with Gasteiger partial charge in [-0.05, 0) is 19.9 Å². The van der Waals surface area contributed by atoms with Crippen molar-refractivity contribution in [3.63, 3.8) is 0 Å². The zero-order chi connectivity index (χ0) is 10.9. The molecule has 0 saturated heterocycles. The van der Waals surface area contributed by atoms with E-state index in [2.05, 4.69) is 30.0 Å². The first-order valence-corrected chi connectivity index (χ1v) is 3.91. The van der Waals surface area contributed by atoms with E-state index in [0.29, 0.717) is 5.96 Å². The van der Waals surface area contributed by atoms with E-state index in [1.807, 2.05) is 13.8 Å². The van der Waals surface area contributed by atoms with Crippen LogP contribution in [0.25, 0.3) is 0 Å². The van der Waals surface area contributed by atoms with Gasteiger partial charge in [0.15, 0.2) is 5.96 Å². The third-order valence-electron chi connectivity index (χ3n) is 1.25. The lowest BCUT2D eigenvalue weighted by atomic mass is 10.2. The smallest absolute Gasteiger partial charge is 0.192 e. The number of guanidine groups is 1. The van der Waals surface area contributed by atoms with Crippen molar-refractivity contribution in [3.8, 4) is 0 Å². The fourth-order valence-electron chi connectivity index (χ4n) is 0.574. The summed E-state index contributed by atoms with van der Waals surface area (Å²) < 4.78 is 0. The molecule has 0 aromatic rings. The van der Waals surface area contributed by atoms with E-state index in [1.54, 1.807) is 13.1 Å². The Labute approximate surface area is 80.7 Å². The van der Waals surface area contributed by atoms with Crippen LogP contribution in [0.1, 0.15) is 13.8 Å². The number of allylic oxidation sites excluding steroid dienone is 2. The van der Waals surface area contributed by atoms with Crippen LogP contribution in [0.3, 0.4) is 0 Å². The molecule has 0 unspecified atom stereocenters. The molecule has 3 N–H and O–H groups in total. The van der Waals surface area contributed by atoms with Crippen molar-refractivity contribution in [2.75, 3.05) is 7.05 Å². The lowest BCUT2D eigenvalue weighted by Crippen LogP contribution is -2.30. The average molecular weight is 181 g/mol. The molecule has 3 heteroatoms. The van der Waals surface area contributed by atoms with E-state index >= 15 is 0 Å². The predicted octanol–water partition coefficient (Wildman–Crippen LogP) is 1.80. The number of hydrogen-bond donors (Lipinski definition) is 2. The summed E-state index contributed by atoms with van der Waals surface area (Å²) in [5.74, 6) is 0.404. The molecule has 0 atom stereocenters. The maximum absolute atomic E-state index is 5.44. The molecule has 0 aromatic carbocycles. The minimum absolute atomic E-state index is 0.404. The second-order valence-corrected chi connectivity index (χ2v) is 2.35. The molecule has 0 saturated carbocycles. The first-order chi connectivity index (χ1) is 6.11. The molecule has 0 fully saturated rings. The maximum atomic E-state index is 5.44. The Bertz CT molecular complexity index is 210. The van der Waals surface area contributed by atoms with Gasteiger partial charge in [-0.25, -0.2) is 0 Å². The van der Waals surface area contributed by atoms with Crippen molar-refractivity contribution >= 4 is 5.96 Å². The van der Waals surface area contributed by atoms with E-state index in [9.17, 15) is 0 Å². The molecule has 0 spiro atoms. The summed E-state index contributed by atoms with van der Waals surface area (Å²) in [5, 5.41) is 2.91. The number of nitrogens with two attached hydrogens (primary N) is 1. The molecule has 0 aliphatic heterocycles. The van der Waals surface area contributed by atoms with Crippen LogP contribution in [-0.2, 0) is 0 Å². The number of rotatable bonds is 2. The highest BCUT2D eigenvalue weighted by atomic mass is 15.1. The van der Waals surface area contributed by atoms with Gasteiger partial charge in [0.2, 0.25) is 0 Å². The molecule has 0 heterocycles. The number of nitrogens with zero attached hydrogens (tertiary/aromatic N) is 1. The van der Waals surface area contributed by atoms with Crippen molar-refractivity contribution in [1.82, 2.24) is 5.32 Å². The zero-order valence-electron chi connectivity index (χ0n) is 8.72. The van der Waals surface area contributed by atoms with Crippen LogP contribution in [0, 0.1) is 0 Å². The number of nitrogens with one attached hydrogen (secondary N) is 1. The molecule has 0 aliphatic carbocycles. The van der Waals surface area contributed by atoms with Crippen LogP contribution in [0.15, 0.2) is 42.1 Å². The van der Waals surface area contributed by atoms with Gasteiger partial charge >= 0.3 is 0 Å². The molecule has 13 heavy (non-hydrogen) atoms. The average Bonchev–Trinajstić information content (AvgIpc) is 2.16. The Morgan fingerprint density at radius 2 is 1.85 bits per heavy atom. The van der Waals surface area contributed by atoms with Gasteiger partial charge < -0.3 is 11.1 Å². The second kappa shape index (κ2) is 8.59. The highest BCUT2D eigenvalue weighted by Gasteiger charge is 1.94. The van der Waals surface area contributed by atoms with Crippen LogP contribution < -0.4 is 11.1 Å². The van der Waals surface area contributed by atoms with E-state index in [0.717, 1.165) is 11.3 Å². The van der Waals surface area contributed by atoms with Crippen LogP contribution in [0.4, 0.5) is 0 Å². The van der Waals surface area contributed by atoms with Crippen molar-refractivity contribution < 1.29 is 0 Å². The van der Waals surface area contributed by atoms with Crippen molar-refractivity contribution in [3.05, 3.63) is 37.1 Å². The van der Waals surface area contributed by atoms with E-state index in [-0.39, 0.29) is 0 Å². The summed E-state index contributed by atoms with van der Waals surface area (Å²) in [5.41, 5.74) is 7.49. The molecule has 0 aromatic heterocycles. The lowest BCUT2D eigenvalue weighted by Gasteiger charge is -2.06. The van der Waals surface area contributed by atoms with E-state index in [1.165, 1.54) is 0 Å². The number of aliphatic imine (C=N–C) groups is 1. The largest absolute Gasteiger partial charge is 0.370 e. The molecule has 74 valence electrons. The Morgan fingerprint density at radius 1 is 1.38 bits per heavy atom. The van der Waals surface area contributed by atoms with Crippen LogP contribution >= 0.6 is 0 Å². The molecule has 0 radical (unpaired) electrons. The quantitative estimate of drug-likeness (QED) is 0.295. The summed E-state index contributed by atoms with van der Waals surface area (Å²) in [7, 11) is 1.63. The summed E-state index contributed by atoms with van der Waals surface area (Å²) in [6.07, 6.45) is 1.72. The maximum Gasteiger partial charge on any atom is 0.192 e. The fraction of sp³-hybridized carbons (Fsp3) is 0.300. The molecule has 0 rings (SSSR count). The Balaban J connectivity index is 0. The van der Waals surface area contributed by atoms with E-state index < -0.39 is 0 Å². The van der Waals surface area contributed by atoms with Crippen molar-refractivity contribution in [1.29, 1.82) is 0 Å². The van der Waals surface area contributed by atoms with Gasteiger partial charge in [-0.2, -0.15) is 0 Å². The van der Waals surface area contributed by atoms with Gasteiger partial charge in [-0.1, -0.05) is 12.2 Å². The third kappa shape index (κ3) is 6.87. The van der Waals surface area contributed by atoms with Crippen molar-refractivity contribution in [2.45, 2.75) is 13.8 Å². The predicted molar refractivity (Wildman–Crippen MR) is 60.5 cm³/mol. The van der Waals surface area contributed by atoms with Crippen LogP contribution in [0.5, 0.6) is 0 Å². The molecular formula is C10H19N3. The van der Waals surface area contributed by atoms with Gasteiger partial charge in [0.25, 0.3) is 0 Å². The van der Waals surface area contributed by atoms with Crippen molar-refractivity contribution in [2.24, 2.45) is 10.7 Å². The lowest BCUT2D eigenvalue weighted by molar-refractivity contribution is 1.09. The SMILES string of the molecule is C=C.C=CC(NC(N)=NC)=C(C)C. The summed E-state index contributed by atoms with van der Waals surface area (Å²) >= 11 is 0. The zero-order valence-corrected chi connectivity index (χ0v) is 8.72. The molecular weight excluding hydrogens is 162 g/mol. The molecule has 0 aliphatic rings. The first kappa shape index (κ1) is 14.0. The minimum Gasteiger partial charge on any atom is -0.370 e. The van der Waals surface area contributed by atoms with E-state index in [4.69, 9.17) is 5.73 Å². The first-order valence-electron chi connectivity index (χ1n) is 3.91. The molecule has 0 amide bonds. The summed E-state index contributed by atoms with van der Waals surface area (Å²) in [6.45, 7) is 13.6. The standard InChI is InChI=1S/C8H15N3.C2H4/c1-5-7(6(2)3)11-8(9)10-4;1-2/h5H,1H2,2-4H3,(H3,9,10,11);1-2H2. The van der Waals surface area contributed by atoms with Gasteiger partial charge in [0, 0.05) is 12.7 Å². The molecule has 3 nitrogen and oxygen atoms in total. The van der Waals surface area contributed by atoms with Crippen LogP contribution in [-0.4, -0.2) is 13.0 Å². The Morgan fingerprint density at radius 3 is 2.08 bits per heavy atom. The van der Waals surface area contributed by atoms with Gasteiger partial charge in [0.1, 0.15) is 0 Å². The second-order valence-electron chi connectivity index (χ2n) is 2.35. The van der Waals surface area contributed by atoms with Crippen LogP contribution in [0.2, 0.25) is 0 Å². The van der Waals surface area contributed by atoms with Gasteiger partial charge in [0.05, 0.1) is 0 Å². The fourth-order valence-corrected chi connectivity index (χ4v) is 0.574. The van der Waals surface area contributed by atoms with Gasteiger partial charge in [-0.3, -0.25) is 4.99 Å². The Hall–Kier alpha value is -1.51.